The summed E-state index contributed by atoms with van der Waals surface area (Å²) >= 11 is 0. The molecule has 6 nitrogen and oxygen atoms in total. The lowest BCUT2D eigenvalue weighted by Gasteiger charge is -2.41. The Morgan fingerprint density at radius 3 is 2.09 bits per heavy atom. The molecule has 244 valence electrons. The number of unbranched alkanes of at least 4 members (excludes halogenated alkanes) is 4. The van der Waals surface area contributed by atoms with Crippen molar-refractivity contribution in [3.8, 4) is 11.5 Å². The molecule has 1 aliphatic heterocycles. The summed E-state index contributed by atoms with van der Waals surface area (Å²) in [6, 6.07) is 0. The highest BCUT2D eigenvalue weighted by molar-refractivity contribution is 6.74. The Morgan fingerprint density at radius 2 is 1.50 bits per heavy atom. The summed E-state index contributed by atoms with van der Waals surface area (Å²) in [5.74, 6) is -4.67. The van der Waals surface area contributed by atoms with Gasteiger partial charge >= 0.3 is 0 Å². The lowest BCUT2D eigenvalue weighted by atomic mass is 9.84. The van der Waals surface area contributed by atoms with Crippen molar-refractivity contribution >= 4 is 14.0 Å². The number of rotatable bonds is 13. The standard InChI is InChI=1S/C33H47F4N3O3Si/c1-20-21(2)31-23(22(3)30(20)43-44(8,9)32(4,5)6)15-17-33(7,42-31)16-13-11-10-12-14-18-41-19-24-25(34)27(36)29(39-40-38)28(37)26(24)35/h10-19H2,1-9H3/t33-/m1/s1. The molecule has 0 amide bonds. The van der Waals surface area contributed by atoms with Crippen molar-refractivity contribution < 1.29 is 31.5 Å². The fraction of sp³-hybridized carbons (Fsp3) is 0.636. The van der Waals surface area contributed by atoms with Crippen LogP contribution in [-0.4, -0.2) is 20.5 Å². The molecule has 1 aliphatic rings. The van der Waals surface area contributed by atoms with Crippen molar-refractivity contribution in [2.75, 3.05) is 6.61 Å². The first-order valence-electron chi connectivity index (χ1n) is 15.4. The predicted molar refractivity (Wildman–Crippen MR) is 168 cm³/mol. The van der Waals surface area contributed by atoms with E-state index in [1.54, 1.807) is 0 Å². The molecule has 0 bridgehead atoms. The molecule has 0 aromatic heterocycles. The number of nitrogens with zero attached hydrogens (tertiary/aromatic N) is 3. The molecule has 0 radical (unpaired) electrons. The van der Waals surface area contributed by atoms with E-state index in [1.807, 2.05) is 0 Å². The van der Waals surface area contributed by atoms with Crippen LogP contribution < -0.4 is 9.16 Å². The molecule has 0 saturated heterocycles. The zero-order valence-corrected chi connectivity index (χ0v) is 28.6. The summed E-state index contributed by atoms with van der Waals surface area (Å²) < 4.78 is 74.9. The summed E-state index contributed by atoms with van der Waals surface area (Å²) in [4.78, 5) is 2.19. The first kappa shape index (κ1) is 35.7. The fourth-order valence-corrected chi connectivity index (χ4v) is 6.47. The van der Waals surface area contributed by atoms with E-state index >= 15 is 0 Å². The van der Waals surface area contributed by atoms with Crippen molar-refractivity contribution in [3.05, 3.63) is 61.5 Å². The van der Waals surface area contributed by atoms with Crippen LogP contribution in [0.4, 0.5) is 23.2 Å². The number of fused-ring (bicyclic) bond motifs is 1. The molecule has 2 aromatic carbocycles. The van der Waals surface area contributed by atoms with Gasteiger partial charge in [0.2, 0.25) is 0 Å². The topological polar surface area (TPSA) is 76.5 Å². The Morgan fingerprint density at radius 1 is 0.909 bits per heavy atom. The highest BCUT2D eigenvalue weighted by atomic mass is 28.4. The molecule has 0 unspecified atom stereocenters. The van der Waals surface area contributed by atoms with E-state index in [9.17, 15) is 17.6 Å². The average Bonchev–Trinajstić information content (AvgIpc) is 2.95. The second-order valence-corrected chi connectivity index (χ2v) is 18.5. The van der Waals surface area contributed by atoms with Crippen LogP contribution in [0.3, 0.4) is 0 Å². The molecule has 3 rings (SSSR count). The summed E-state index contributed by atoms with van der Waals surface area (Å²) in [6.45, 7) is 19.5. The van der Waals surface area contributed by atoms with Gasteiger partial charge < -0.3 is 13.9 Å². The number of benzene rings is 2. The van der Waals surface area contributed by atoms with Gasteiger partial charge in [-0.15, -0.1) is 0 Å². The molecule has 0 spiro atoms. The van der Waals surface area contributed by atoms with Gasteiger partial charge in [-0.05, 0) is 100 Å². The average molecular weight is 638 g/mol. The van der Waals surface area contributed by atoms with Crippen LogP contribution >= 0.6 is 0 Å². The summed E-state index contributed by atoms with van der Waals surface area (Å²) in [5.41, 5.74) is 10.7. The molecule has 1 heterocycles. The summed E-state index contributed by atoms with van der Waals surface area (Å²) in [6.07, 6.45) is 7.27. The van der Waals surface area contributed by atoms with E-state index in [-0.39, 0.29) is 17.2 Å². The third-order valence-electron chi connectivity index (χ3n) is 9.44. The largest absolute Gasteiger partial charge is 0.543 e. The fourth-order valence-electron chi connectivity index (χ4n) is 5.35. The smallest absolute Gasteiger partial charge is 0.250 e. The monoisotopic (exact) mass is 637 g/mol. The highest BCUT2D eigenvalue weighted by Gasteiger charge is 2.41. The molecule has 0 N–H and O–H groups in total. The zero-order valence-electron chi connectivity index (χ0n) is 27.6. The van der Waals surface area contributed by atoms with Gasteiger partial charge in [-0.3, -0.25) is 0 Å². The summed E-state index contributed by atoms with van der Waals surface area (Å²) in [7, 11) is -1.99. The molecule has 11 heteroatoms. The Bertz CT molecular complexity index is 1390. The Balaban J connectivity index is 1.47. The van der Waals surface area contributed by atoms with Gasteiger partial charge in [0, 0.05) is 17.1 Å². The lowest BCUT2D eigenvalue weighted by Crippen LogP contribution is -2.44. The number of hydrogen-bond donors (Lipinski definition) is 0. The molecular weight excluding hydrogens is 590 g/mol. The lowest BCUT2D eigenvalue weighted by molar-refractivity contribution is 0.0521. The van der Waals surface area contributed by atoms with Gasteiger partial charge in [-0.2, -0.15) is 0 Å². The van der Waals surface area contributed by atoms with Gasteiger partial charge in [-0.1, -0.05) is 45.1 Å². The third kappa shape index (κ3) is 7.72. The zero-order chi connectivity index (χ0) is 33.0. The molecule has 0 saturated carbocycles. The van der Waals surface area contributed by atoms with Gasteiger partial charge in [0.15, 0.2) is 23.3 Å². The van der Waals surface area contributed by atoms with Crippen molar-refractivity contribution in [1.29, 1.82) is 0 Å². The first-order valence-corrected chi connectivity index (χ1v) is 18.3. The van der Waals surface area contributed by atoms with Crippen LogP contribution in [0, 0.1) is 44.0 Å². The van der Waals surface area contributed by atoms with Gasteiger partial charge in [-0.25, -0.2) is 17.6 Å². The first-order chi connectivity index (χ1) is 20.5. The van der Waals surface area contributed by atoms with Crippen LogP contribution in [0.15, 0.2) is 5.11 Å². The minimum atomic E-state index is -1.99. The SMILES string of the molecule is Cc1c(C)c2c(c(C)c1O[Si](C)(C)C(C)(C)C)CC[C@@](C)(CCCCCCCOCc1c(F)c(F)c(N=[N+]=[N-])c(F)c1F)O2. The maximum absolute atomic E-state index is 14.1. The number of hydrogen-bond acceptors (Lipinski definition) is 4. The van der Waals surface area contributed by atoms with E-state index in [4.69, 9.17) is 19.4 Å². The quantitative estimate of drug-likeness (QED) is 0.0417. The maximum Gasteiger partial charge on any atom is 0.250 e. The van der Waals surface area contributed by atoms with Crippen LogP contribution in [0.5, 0.6) is 11.5 Å². The van der Waals surface area contributed by atoms with E-state index in [0.29, 0.717) is 6.42 Å². The second-order valence-electron chi connectivity index (χ2n) is 13.8. The Kier molecular flexibility index (Phi) is 11.5. The van der Waals surface area contributed by atoms with Gasteiger partial charge in [0.1, 0.15) is 22.8 Å². The van der Waals surface area contributed by atoms with Crippen LogP contribution in [0.1, 0.15) is 100 Å². The molecular formula is C33H47F4N3O3Si. The van der Waals surface area contributed by atoms with Gasteiger partial charge in [0.25, 0.3) is 8.32 Å². The molecule has 2 aromatic rings. The van der Waals surface area contributed by atoms with Crippen molar-refractivity contribution in [3.63, 3.8) is 0 Å². The van der Waals surface area contributed by atoms with E-state index in [1.165, 1.54) is 11.1 Å². The van der Waals surface area contributed by atoms with Gasteiger partial charge in [0.05, 0.1) is 12.2 Å². The third-order valence-corrected chi connectivity index (χ3v) is 13.8. The van der Waals surface area contributed by atoms with Crippen molar-refractivity contribution in [2.24, 2.45) is 5.11 Å². The molecule has 0 aliphatic carbocycles. The number of halogens is 4. The van der Waals surface area contributed by atoms with E-state index in [2.05, 4.69) is 71.6 Å². The predicted octanol–water partition coefficient (Wildman–Crippen LogP) is 11.1. The molecule has 1 atom stereocenters. The maximum atomic E-state index is 14.1. The molecule has 44 heavy (non-hydrogen) atoms. The van der Waals surface area contributed by atoms with Crippen molar-refractivity contribution in [2.45, 2.75) is 130 Å². The number of ether oxygens (including phenoxy) is 2. The minimum absolute atomic E-state index is 0.112. The van der Waals surface area contributed by atoms with E-state index in [0.717, 1.165) is 67.6 Å². The number of azide groups is 1. The van der Waals surface area contributed by atoms with Crippen molar-refractivity contribution in [1.82, 2.24) is 0 Å². The Labute approximate surface area is 260 Å². The Hall–Kier alpha value is -2.75. The minimum Gasteiger partial charge on any atom is -0.543 e. The second kappa shape index (κ2) is 14.1. The van der Waals surface area contributed by atoms with Crippen LogP contribution in [0.25, 0.3) is 10.4 Å². The highest BCUT2D eigenvalue weighted by Crippen LogP contribution is 2.47. The normalized spacial score (nSPS) is 16.8. The van der Waals surface area contributed by atoms with E-state index < -0.39 is 49.4 Å². The molecule has 0 fully saturated rings. The van der Waals surface area contributed by atoms with Crippen LogP contribution in [-0.2, 0) is 17.8 Å². The van der Waals surface area contributed by atoms with Crippen LogP contribution in [0.2, 0.25) is 18.1 Å². The summed E-state index contributed by atoms with van der Waals surface area (Å²) in [5, 5.41) is 2.80.